The lowest BCUT2D eigenvalue weighted by molar-refractivity contribution is -0.131. The van der Waals surface area contributed by atoms with Gasteiger partial charge < -0.3 is 18.6 Å². The van der Waals surface area contributed by atoms with Gasteiger partial charge >= 0.3 is 17.6 Å². The summed E-state index contributed by atoms with van der Waals surface area (Å²) in [6, 6.07) is 13.0. The van der Waals surface area contributed by atoms with Crippen LogP contribution in [0.3, 0.4) is 0 Å². The van der Waals surface area contributed by atoms with E-state index in [9.17, 15) is 14.4 Å². The Kier molecular flexibility index (Phi) is 8.62. The third-order valence-electron chi connectivity index (χ3n) is 5.02. The predicted octanol–water partition coefficient (Wildman–Crippen LogP) is 6.01. The molecule has 0 amide bonds. The molecule has 7 heteroatoms. The van der Waals surface area contributed by atoms with E-state index in [0.29, 0.717) is 5.39 Å². The molecule has 3 rings (SSSR count). The highest BCUT2D eigenvalue weighted by Crippen LogP contribution is 2.37. The van der Waals surface area contributed by atoms with Gasteiger partial charge in [-0.15, -0.1) is 0 Å². The van der Waals surface area contributed by atoms with E-state index in [2.05, 4.69) is 19.9 Å². The van der Waals surface area contributed by atoms with Crippen LogP contribution in [0.4, 0.5) is 0 Å². The lowest BCUT2D eigenvalue weighted by Crippen LogP contribution is -2.16. The maximum Gasteiger partial charge on any atom is 0.383 e. The highest BCUT2D eigenvalue weighted by molar-refractivity contribution is 5.94. The summed E-state index contributed by atoms with van der Waals surface area (Å²) in [7, 11) is 0. The van der Waals surface area contributed by atoms with Gasteiger partial charge in [0.2, 0.25) is 0 Å². The molecule has 2 aromatic carbocycles. The Morgan fingerprint density at radius 3 is 2.31 bits per heavy atom. The van der Waals surface area contributed by atoms with Crippen molar-refractivity contribution in [3.05, 3.63) is 87.8 Å². The summed E-state index contributed by atoms with van der Waals surface area (Å²) < 4.78 is 22.0. The molecule has 0 atom stereocenters. The molecule has 3 aromatic rings. The van der Waals surface area contributed by atoms with Crippen molar-refractivity contribution >= 4 is 22.9 Å². The Bertz CT molecular complexity index is 1330. The fourth-order valence-corrected chi connectivity index (χ4v) is 3.30. The van der Waals surface area contributed by atoms with E-state index in [1.807, 2.05) is 13.0 Å². The van der Waals surface area contributed by atoms with Crippen molar-refractivity contribution in [2.45, 2.75) is 40.5 Å². The summed E-state index contributed by atoms with van der Waals surface area (Å²) in [5, 5.41) is 0.329. The number of rotatable bonds is 9. The van der Waals surface area contributed by atoms with Crippen molar-refractivity contribution in [3.63, 3.8) is 0 Å². The summed E-state index contributed by atoms with van der Waals surface area (Å²) in [4.78, 5) is 37.1. The van der Waals surface area contributed by atoms with Crippen molar-refractivity contribution in [2.24, 2.45) is 0 Å². The Balaban J connectivity index is 1.99. The summed E-state index contributed by atoms with van der Waals surface area (Å²) >= 11 is 0. The summed E-state index contributed by atoms with van der Waals surface area (Å²) in [5.41, 5.74) is 1.72. The fourth-order valence-electron chi connectivity index (χ4n) is 3.30. The SMILES string of the molecule is CC(=O)Oc1cccc2c(OC/C=C(\C)CCC=C(C)C)c(OC(=O)c3ccccc3)c(=O)oc12. The van der Waals surface area contributed by atoms with Gasteiger partial charge in [-0.05, 0) is 64.0 Å². The smallest absolute Gasteiger partial charge is 0.383 e. The van der Waals surface area contributed by atoms with Crippen LogP contribution >= 0.6 is 0 Å². The van der Waals surface area contributed by atoms with E-state index in [1.165, 1.54) is 18.6 Å². The van der Waals surface area contributed by atoms with E-state index in [0.717, 1.165) is 18.4 Å². The molecule has 0 aliphatic carbocycles. The van der Waals surface area contributed by atoms with Crippen LogP contribution in [0.25, 0.3) is 11.0 Å². The second-order valence-corrected chi connectivity index (χ2v) is 8.21. The zero-order chi connectivity index (χ0) is 25.4. The number of hydrogen-bond donors (Lipinski definition) is 0. The van der Waals surface area contributed by atoms with Crippen molar-refractivity contribution in [1.82, 2.24) is 0 Å². The molecule has 0 spiro atoms. The zero-order valence-electron chi connectivity index (χ0n) is 20.3. The monoisotopic (exact) mass is 476 g/mol. The number of para-hydroxylation sites is 1. The van der Waals surface area contributed by atoms with Crippen LogP contribution in [0.1, 0.15) is 50.9 Å². The van der Waals surface area contributed by atoms with Gasteiger partial charge in [-0.3, -0.25) is 4.79 Å². The molecule has 0 aliphatic heterocycles. The minimum Gasteiger partial charge on any atom is -0.485 e. The van der Waals surface area contributed by atoms with Gasteiger partial charge in [0, 0.05) is 6.92 Å². The highest BCUT2D eigenvalue weighted by Gasteiger charge is 2.23. The molecule has 0 fully saturated rings. The average Bonchev–Trinajstić information content (AvgIpc) is 2.81. The molecule has 1 aromatic heterocycles. The fraction of sp³-hybridized carbons (Fsp3) is 0.250. The van der Waals surface area contributed by atoms with Crippen LogP contribution in [0.5, 0.6) is 17.2 Å². The minimum atomic E-state index is -0.930. The second kappa shape index (κ2) is 11.8. The molecule has 0 unspecified atom stereocenters. The number of carbonyl (C=O) groups excluding carboxylic acids is 2. The maximum atomic E-state index is 12.9. The Morgan fingerprint density at radius 2 is 1.63 bits per heavy atom. The summed E-state index contributed by atoms with van der Waals surface area (Å²) in [6.45, 7) is 7.47. The van der Waals surface area contributed by atoms with Gasteiger partial charge in [0.25, 0.3) is 5.75 Å². The average molecular weight is 477 g/mol. The van der Waals surface area contributed by atoms with E-state index >= 15 is 0 Å². The molecule has 0 bridgehead atoms. The Hall–Kier alpha value is -4.13. The minimum absolute atomic E-state index is 0.0199. The van der Waals surface area contributed by atoms with Gasteiger partial charge in [0.1, 0.15) is 6.61 Å². The Labute approximate surface area is 203 Å². The molecule has 0 aliphatic rings. The third kappa shape index (κ3) is 6.93. The third-order valence-corrected chi connectivity index (χ3v) is 5.02. The van der Waals surface area contributed by atoms with Gasteiger partial charge in [0.15, 0.2) is 17.1 Å². The number of hydrogen-bond acceptors (Lipinski definition) is 7. The van der Waals surface area contributed by atoms with E-state index < -0.39 is 17.6 Å². The summed E-state index contributed by atoms with van der Waals surface area (Å²) in [5.74, 6) is -1.58. The van der Waals surface area contributed by atoms with Gasteiger partial charge in [-0.2, -0.15) is 0 Å². The van der Waals surface area contributed by atoms with Crippen LogP contribution in [-0.4, -0.2) is 18.5 Å². The van der Waals surface area contributed by atoms with Crippen LogP contribution in [0, 0.1) is 0 Å². The lowest BCUT2D eigenvalue weighted by Gasteiger charge is -2.13. The number of esters is 2. The first kappa shape index (κ1) is 25.5. The van der Waals surface area contributed by atoms with Crippen LogP contribution < -0.4 is 19.8 Å². The molecule has 0 N–H and O–H groups in total. The first-order chi connectivity index (χ1) is 16.8. The number of carbonyl (C=O) groups is 2. The van der Waals surface area contributed by atoms with Gasteiger partial charge in [-0.1, -0.05) is 41.5 Å². The molecular formula is C28H28O7. The summed E-state index contributed by atoms with van der Waals surface area (Å²) in [6.07, 6.45) is 5.83. The van der Waals surface area contributed by atoms with Crippen LogP contribution in [0.2, 0.25) is 0 Å². The molecule has 182 valence electrons. The predicted molar refractivity (Wildman–Crippen MR) is 133 cm³/mol. The standard InChI is InChI=1S/C28H28O7/c1-18(2)10-8-11-19(3)16-17-32-25-22-14-9-15-23(33-20(4)29)24(22)34-28(31)26(25)35-27(30)21-12-6-5-7-13-21/h5-7,9-10,12-16H,8,11,17H2,1-4H3/b19-16+. The van der Waals surface area contributed by atoms with E-state index in [4.69, 9.17) is 18.6 Å². The van der Waals surface area contributed by atoms with Gasteiger partial charge in [0.05, 0.1) is 10.9 Å². The Morgan fingerprint density at radius 1 is 0.886 bits per heavy atom. The quantitative estimate of drug-likeness (QED) is 0.162. The highest BCUT2D eigenvalue weighted by atomic mass is 16.6. The first-order valence-electron chi connectivity index (χ1n) is 11.2. The molecule has 0 radical (unpaired) electrons. The topological polar surface area (TPSA) is 92.0 Å². The van der Waals surface area contributed by atoms with E-state index in [-0.39, 0.29) is 35.0 Å². The zero-order valence-corrected chi connectivity index (χ0v) is 20.3. The van der Waals surface area contributed by atoms with Crippen LogP contribution in [-0.2, 0) is 4.79 Å². The van der Waals surface area contributed by atoms with Crippen LogP contribution in [0.15, 0.2) is 81.0 Å². The van der Waals surface area contributed by atoms with Crippen molar-refractivity contribution in [3.8, 4) is 17.2 Å². The second-order valence-electron chi connectivity index (χ2n) is 8.21. The number of allylic oxidation sites excluding steroid dienone is 3. The molecule has 1 heterocycles. The first-order valence-corrected chi connectivity index (χ1v) is 11.2. The number of benzene rings is 2. The number of fused-ring (bicyclic) bond motifs is 1. The van der Waals surface area contributed by atoms with Crippen molar-refractivity contribution in [1.29, 1.82) is 0 Å². The molecule has 35 heavy (non-hydrogen) atoms. The van der Waals surface area contributed by atoms with Crippen molar-refractivity contribution < 1.29 is 28.2 Å². The largest absolute Gasteiger partial charge is 0.485 e. The van der Waals surface area contributed by atoms with E-state index in [1.54, 1.807) is 42.5 Å². The molecule has 0 saturated carbocycles. The number of ether oxygens (including phenoxy) is 3. The molecule has 7 nitrogen and oxygen atoms in total. The molecule has 0 saturated heterocycles. The van der Waals surface area contributed by atoms with Crippen molar-refractivity contribution in [2.75, 3.05) is 6.61 Å². The lowest BCUT2D eigenvalue weighted by atomic mass is 10.1. The maximum absolute atomic E-state index is 12.9. The normalized spacial score (nSPS) is 11.1. The van der Waals surface area contributed by atoms with Gasteiger partial charge in [-0.25, -0.2) is 9.59 Å². The molecular weight excluding hydrogens is 448 g/mol.